The molecule has 0 spiro atoms. The van der Waals surface area contributed by atoms with Crippen LogP contribution in [0, 0.1) is 6.92 Å². The van der Waals surface area contributed by atoms with E-state index in [9.17, 15) is 8.42 Å². The van der Waals surface area contributed by atoms with Gasteiger partial charge in [-0.3, -0.25) is 0 Å². The minimum atomic E-state index is -3.15. The first-order valence-electron chi connectivity index (χ1n) is 4.56. The summed E-state index contributed by atoms with van der Waals surface area (Å²) in [6.45, 7) is 4.16. The monoisotopic (exact) mass is 213 g/mol. The summed E-state index contributed by atoms with van der Waals surface area (Å²) in [7, 11) is -3.15. The Balaban J connectivity index is 2.79. The van der Waals surface area contributed by atoms with E-state index >= 15 is 0 Å². The van der Waals surface area contributed by atoms with Crippen molar-refractivity contribution in [1.82, 2.24) is 4.72 Å². The van der Waals surface area contributed by atoms with Gasteiger partial charge in [-0.2, -0.15) is 0 Å². The van der Waals surface area contributed by atoms with Crippen molar-refractivity contribution in [2.75, 3.05) is 6.54 Å². The first-order chi connectivity index (χ1) is 6.53. The standard InChI is InChI=1S/C10H15NO2S/c1-3-11-14(12,13)8-10-6-4-5-9(2)7-10/h4-7,11H,3,8H2,1-2H3. The van der Waals surface area contributed by atoms with Gasteiger partial charge in [-0.15, -0.1) is 0 Å². The van der Waals surface area contributed by atoms with E-state index in [0.717, 1.165) is 11.1 Å². The Morgan fingerprint density at radius 3 is 2.64 bits per heavy atom. The van der Waals surface area contributed by atoms with Crippen LogP contribution in [0.3, 0.4) is 0 Å². The molecule has 0 aromatic heterocycles. The molecule has 1 aromatic carbocycles. The molecule has 0 bridgehead atoms. The zero-order valence-electron chi connectivity index (χ0n) is 8.45. The lowest BCUT2D eigenvalue weighted by atomic mass is 10.2. The molecule has 0 amide bonds. The van der Waals surface area contributed by atoms with Gasteiger partial charge in [0, 0.05) is 6.54 Å². The molecule has 4 heteroatoms. The molecule has 1 rings (SSSR count). The zero-order chi connectivity index (χ0) is 10.6. The average molecular weight is 213 g/mol. The van der Waals surface area contributed by atoms with Gasteiger partial charge in [0.05, 0.1) is 5.75 Å². The van der Waals surface area contributed by atoms with Crippen LogP contribution < -0.4 is 4.72 Å². The van der Waals surface area contributed by atoms with Crippen LogP contribution in [0.1, 0.15) is 18.1 Å². The molecular formula is C10H15NO2S. The van der Waals surface area contributed by atoms with Crippen LogP contribution in [0.4, 0.5) is 0 Å². The van der Waals surface area contributed by atoms with E-state index in [2.05, 4.69) is 4.72 Å². The van der Waals surface area contributed by atoms with Crippen LogP contribution in [-0.2, 0) is 15.8 Å². The van der Waals surface area contributed by atoms with Gasteiger partial charge in [-0.25, -0.2) is 13.1 Å². The quantitative estimate of drug-likeness (QED) is 0.822. The van der Waals surface area contributed by atoms with Gasteiger partial charge >= 0.3 is 0 Å². The molecule has 0 aliphatic heterocycles. The molecule has 0 unspecified atom stereocenters. The maximum Gasteiger partial charge on any atom is 0.215 e. The van der Waals surface area contributed by atoms with Crippen molar-refractivity contribution < 1.29 is 8.42 Å². The van der Waals surface area contributed by atoms with Crippen molar-refractivity contribution in [3.05, 3.63) is 35.4 Å². The molecule has 0 atom stereocenters. The van der Waals surface area contributed by atoms with Crippen LogP contribution in [-0.4, -0.2) is 15.0 Å². The lowest BCUT2D eigenvalue weighted by Crippen LogP contribution is -2.24. The summed E-state index contributed by atoms with van der Waals surface area (Å²) in [5, 5.41) is 0. The zero-order valence-corrected chi connectivity index (χ0v) is 9.26. The van der Waals surface area contributed by atoms with Crippen molar-refractivity contribution in [3.63, 3.8) is 0 Å². The smallest absolute Gasteiger partial charge is 0.215 e. The Labute approximate surface area is 85.2 Å². The normalized spacial score (nSPS) is 11.6. The maximum atomic E-state index is 11.4. The summed E-state index contributed by atoms with van der Waals surface area (Å²) >= 11 is 0. The molecule has 0 aliphatic carbocycles. The summed E-state index contributed by atoms with van der Waals surface area (Å²) in [4.78, 5) is 0. The number of hydrogen-bond donors (Lipinski definition) is 1. The molecule has 0 radical (unpaired) electrons. The Hall–Kier alpha value is -0.870. The molecule has 1 aromatic rings. The second-order valence-electron chi connectivity index (χ2n) is 3.25. The predicted molar refractivity (Wildman–Crippen MR) is 57.5 cm³/mol. The van der Waals surface area contributed by atoms with Gasteiger partial charge in [0.25, 0.3) is 0 Å². The first kappa shape index (κ1) is 11.2. The Morgan fingerprint density at radius 1 is 1.36 bits per heavy atom. The Kier molecular flexibility index (Phi) is 3.66. The van der Waals surface area contributed by atoms with Gasteiger partial charge in [-0.05, 0) is 12.5 Å². The predicted octanol–water partition coefficient (Wildman–Crippen LogP) is 1.43. The number of aryl methyl sites for hydroxylation is 1. The minimum absolute atomic E-state index is 0.0581. The lowest BCUT2D eigenvalue weighted by Gasteiger charge is -2.04. The summed E-state index contributed by atoms with van der Waals surface area (Å²) in [6.07, 6.45) is 0. The third-order valence-corrected chi connectivity index (χ3v) is 3.25. The number of benzene rings is 1. The van der Waals surface area contributed by atoms with Crippen molar-refractivity contribution in [2.24, 2.45) is 0 Å². The highest BCUT2D eigenvalue weighted by Crippen LogP contribution is 2.07. The fraction of sp³-hybridized carbons (Fsp3) is 0.400. The molecule has 0 saturated carbocycles. The van der Waals surface area contributed by atoms with Crippen molar-refractivity contribution in [2.45, 2.75) is 19.6 Å². The number of hydrogen-bond acceptors (Lipinski definition) is 2. The molecule has 3 nitrogen and oxygen atoms in total. The van der Waals surface area contributed by atoms with Gasteiger partial charge in [0.2, 0.25) is 10.0 Å². The van der Waals surface area contributed by atoms with E-state index in [0.29, 0.717) is 6.54 Å². The van der Waals surface area contributed by atoms with Crippen LogP contribution in [0.2, 0.25) is 0 Å². The fourth-order valence-corrected chi connectivity index (χ4v) is 2.45. The van der Waals surface area contributed by atoms with Crippen LogP contribution in [0.5, 0.6) is 0 Å². The summed E-state index contributed by atoms with van der Waals surface area (Å²) in [5.74, 6) is 0.0581. The van der Waals surface area contributed by atoms with Gasteiger partial charge in [-0.1, -0.05) is 36.8 Å². The second kappa shape index (κ2) is 4.57. The van der Waals surface area contributed by atoms with Crippen LogP contribution >= 0.6 is 0 Å². The third-order valence-electron chi connectivity index (χ3n) is 1.80. The van der Waals surface area contributed by atoms with Crippen molar-refractivity contribution in [1.29, 1.82) is 0 Å². The van der Waals surface area contributed by atoms with E-state index in [4.69, 9.17) is 0 Å². The first-order valence-corrected chi connectivity index (χ1v) is 6.21. The molecule has 1 N–H and O–H groups in total. The summed E-state index contributed by atoms with van der Waals surface area (Å²) in [5.41, 5.74) is 1.90. The minimum Gasteiger partial charge on any atom is -0.215 e. The fourth-order valence-electron chi connectivity index (χ4n) is 1.29. The Morgan fingerprint density at radius 2 is 2.07 bits per heavy atom. The highest BCUT2D eigenvalue weighted by Gasteiger charge is 2.09. The molecule has 0 aliphatic rings. The molecule has 0 heterocycles. The molecule has 0 saturated heterocycles. The highest BCUT2D eigenvalue weighted by atomic mass is 32.2. The molecule has 78 valence electrons. The maximum absolute atomic E-state index is 11.4. The Bertz CT molecular complexity index is 398. The van der Waals surface area contributed by atoms with Gasteiger partial charge < -0.3 is 0 Å². The summed E-state index contributed by atoms with van der Waals surface area (Å²) < 4.78 is 25.3. The van der Waals surface area contributed by atoms with E-state index in [1.165, 1.54) is 0 Å². The van der Waals surface area contributed by atoms with Gasteiger partial charge in [0.1, 0.15) is 0 Å². The van der Waals surface area contributed by atoms with E-state index in [-0.39, 0.29) is 5.75 Å². The topological polar surface area (TPSA) is 46.2 Å². The number of sulfonamides is 1. The van der Waals surface area contributed by atoms with E-state index in [1.54, 1.807) is 6.92 Å². The van der Waals surface area contributed by atoms with Crippen molar-refractivity contribution in [3.8, 4) is 0 Å². The van der Waals surface area contributed by atoms with Crippen LogP contribution in [0.15, 0.2) is 24.3 Å². The molecular weight excluding hydrogens is 198 g/mol. The largest absolute Gasteiger partial charge is 0.215 e. The van der Waals surface area contributed by atoms with Crippen LogP contribution in [0.25, 0.3) is 0 Å². The van der Waals surface area contributed by atoms with Gasteiger partial charge in [0.15, 0.2) is 0 Å². The highest BCUT2D eigenvalue weighted by molar-refractivity contribution is 7.88. The second-order valence-corrected chi connectivity index (χ2v) is 5.05. The number of nitrogens with one attached hydrogen (secondary N) is 1. The lowest BCUT2D eigenvalue weighted by molar-refractivity contribution is 0.583. The van der Waals surface area contributed by atoms with E-state index in [1.807, 2.05) is 31.2 Å². The van der Waals surface area contributed by atoms with Crippen molar-refractivity contribution >= 4 is 10.0 Å². The SMILES string of the molecule is CCNS(=O)(=O)Cc1cccc(C)c1. The summed E-state index contributed by atoms with van der Waals surface area (Å²) in [6, 6.07) is 7.52. The third kappa shape index (κ3) is 3.47. The number of rotatable bonds is 4. The molecule has 14 heavy (non-hydrogen) atoms. The van der Waals surface area contributed by atoms with E-state index < -0.39 is 10.0 Å². The average Bonchev–Trinajstić information content (AvgIpc) is 2.02. The molecule has 0 fully saturated rings.